The number of nitrogens with zero attached hydrogens (tertiary/aromatic N) is 2. The molecule has 0 fully saturated rings. The molecule has 1 heterocycles. The number of pyridine rings is 1. The van der Waals surface area contributed by atoms with Gasteiger partial charge in [-0.15, -0.1) is 0 Å². The van der Waals surface area contributed by atoms with Crippen molar-refractivity contribution in [1.29, 1.82) is 5.41 Å². The molecule has 0 radical (unpaired) electrons. The SMILES string of the molecule is CCN(CCC(=N)N)c1ccc(C(C)(C)C)cn1. The highest BCUT2D eigenvalue weighted by Crippen LogP contribution is 2.22. The second-order valence-corrected chi connectivity index (χ2v) is 5.51. The van der Waals surface area contributed by atoms with E-state index in [1.807, 2.05) is 12.3 Å². The third kappa shape index (κ3) is 4.02. The summed E-state index contributed by atoms with van der Waals surface area (Å²) in [5.41, 5.74) is 6.75. The molecule has 1 aromatic rings. The lowest BCUT2D eigenvalue weighted by molar-refractivity contribution is 0.587. The van der Waals surface area contributed by atoms with E-state index in [0.29, 0.717) is 6.42 Å². The van der Waals surface area contributed by atoms with Crippen molar-refractivity contribution >= 4 is 11.7 Å². The van der Waals surface area contributed by atoms with Gasteiger partial charge >= 0.3 is 0 Å². The maximum atomic E-state index is 7.27. The van der Waals surface area contributed by atoms with Gasteiger partial charge in [-0.3, -0.25) is 5.41 Å². The minimum absolute atomic E-state index is 0.127. The van der Waals surface area contributed by atoms with E-state index in [9.17, 15) is 0 Å². The average molecular weight is 248 g/mol. The van der Waals surface area contributed by atoms with E-state index in [1.165, 1.54) is 5.56 Å². The number of nitrogens with two attached hydrogens (primary N) is 1. The Balaban J connectivity index is 2.79. The number of nitrogens with one attached hydrogen (secondary N) is 1. The summed E-state index contributed by atoms with van der Waals surface area (Å²) in [6.45, 7) is 10.2. The zero-order valence-corrected chi connectivity index (χ0v) is 11.8. The maximum Gasteiger partial charge on any atom is 0.128 e. The highest BCUT2D eigenvalue weighted by molar-refractivity contribution is 5.77. The smallest absolute Gasteiger partial charge is 0.128 e. The van der Waals surface area contributed by atoms with Crippen molar-refractivity contribution in [3.63, 3.8) is 0 Å². The summed E-state index contributed by atoms with van der Waals surface area (Å²) in [7, 11) is 0. The fraction of sp³-hybridized carbons (Fsp3) is 0.571. The van der Waals surface area contributed by atoms with Crippen molar-refractivity contribution in [2.75, 3.05) is 18.0 Å². The van der Waals surface area contributed by atoms with E-state index in [-0.39, 0.29) is 11.3 Å². The Morgan fingerprint density at radius 3 is 2.44 bits per heavy atom. The predicted molar refractivity (Wildman–Crippen MR) is 77.4 cm³/mol. The van der Waals surface area contributed by atoms with Gasteiger partial charge in [-0.05, 0) is 24.0 Å². The molecule has 0 unspecified atom stereocenters. The zero-order valence-electron chi connectivity index (χ0n) is 11.8. The van der Waals surface area contributed by atoms with Crippen LogP contribution < -0.4 is 10.6 Å². The normalized spacial score (nSPS) is 11.3. The van der Waals surface area contributed by atoms with Gasteiger partial charge < -0.3 is 10.6 Å². The standard InChI is InChI=1S/C14H24N4/c1-5-18(9-8-12(15)16)13-7-6-11(10-17-13)14(2,3)4/h6-7,10H,5,8-9H2,1-4H3,(H3,15,16). The molecule has 0 bridgehead atoms. The molecule has 0 aromatic carbocycles. The van der Waals surface area contributed by atoms with E-state index in [0.717, 1.165) is 18.9 Å². The molecule has 0 atom stereocenters. The van der Waals surface area contributed by atoms with Crippen molar-refractivity contribution < 1.29 is 0 Å². The number of hydrogen-bond acceptors (Lipinski definition) is 3. The lowest BCUT2D eigenvalue weighted by atomic mass is 9.88. The quantitative estimate of drug-likeness (QED) is 0.621. The Morgan fingerprint density at radius 2 is 2.06 bits per heavy atom. The minimum Gasteiger partial charge on any atom is -0.388 e. The number of hydrogen-bond donors (Lipinski definition) is 2. The summed E-state index contributed by atoms with van der Waals surface area (Å²) in [6, 6.07) is 4.17. The molecule has 0 saturated heterocycles. The van der Waals surface area contributed by atoms with Gasteiger partial charge in [-0.1, -0.05) is 26.8 Å². The average Bonchev–Trinajstić information content (AvgIpc) is 2.29. The topological polar surface area (TPSA) is 66.0 Å². The molecule has 0 aliphatic rings. The van der Waals surface area contributed by atoms with Crippen LogP contribution in [0.1, 0.15) is 39.7 Å². The summed E-state index contributed by atoms with van der Waals surface area (Å²) in [4.78, 5) is 6.64. The first kappa shape index (κ1) is 14.5. The second kappa shape index (κ2) is 5.85. The van der Waals surface area contributed by atoms with Crippen LogP contribution in [0.4, 0.5) is 5.82 Å². The van der Waals surface area contributed by atoms with Crippen LogP contribution in [0, 0.1) is 5.41 Å². The van der Waals surface area contributed by atoms with Gasteiger partial charge in [-0.2, -0.15) is 0 Å². The summed E-state index contributed by atoms with van der Waals surface area (Å²) in [5, 5.41) is 7.27. The van der Waals surface area contributed by atoms with Crippen molar-refractivity contribution in [1.82, 2.24) is 4.98 Å². The predicted octanol–water partition coefficient (Wildman–Crippen LogP) is 2.53. The van der Waals surface area contributed by atoms with Gasteiger partial charge in [0.15, 0.2) is 0 Å². The summed E-state index contributed by atoms with van der Waals surface area (Å²) >= 11 is 0. The Hall–Kier alpha value is -1.58. The van der Waals surface area contributed by atoms with Crippen LogP contribution in [0.2, 0.25) is 0 Å². The number of aromatic nitrogens is 1. The monoisotopic (exact) mass is 248 g/mol. The van der Waals surface area contributed by atoms with Crippen molar-refractivity contribution in [2.45, 2.75) is 39.5 Å². The first-order chi connectivity index (χ1) is 8.34. The molecule has 18 heavy (non-hydrogen) atoms. The zero-order chi connectivity index (χ0) is 13.8. The molecule has 0 aliphatic heterocycles. The third-order valence-electron chi connectivity index (χ3n) is 2.97. The van der Waals surface area contributed by atoms with Crippen LogP contribution in [0.3, 0.4) is 0 Å². The molecule has 0 saturated carbocycles. The van der Waals surface area contributed by atoms with E-state index in [1.54, 1.807) is 0 Å². The Kier molecular flexibility index (Phi) is 4.70. The van der Waals surface area contributed by atoms with Gasteiger partial charge in [0.25, 0.3) is 0 Å². The van der Waals surface area contributed by atoms with Crippen molar-refractivity contribution in [2.24, 2.45) is 5.73 Å². The van der Waals surface area contributed by atoms with Crippen LogP contribution in [-0.2, 0) is 5.41 Å². The van der Waals surface area contributed by atoms with Crippen molar-refractivity contribution in [3.8, 4) is 0 Å². The third-order valence-corrected chi connectivity index (χ3v) is 2.97. The lowest BCUT2D eigenvalue weighted by Gasteiger charge is -2.23. The van der Waals surface area contributed by atoms with Crippen LogP contribution >= 0.6 is 0 Å². The Labute approximate surface area is 110 Å². The Morgan fingerprint density at radius 1 is 1.39 bits per heavy atom. The molecular weight excluding hydrogens is 224 g/mol. The van der Waals surface area contributed by atoms with E-state index < -0.39 is 0 Å². The van der Waals surface area contributed by atoms with E-state index in [2.05, 4.69) is 43.6 Å². The van der Waals surface area contributed by atoms with Crippen LogP contribution in [0.5, 0.6) is 0 Å². The minimum atomic E-state index is 0.127. The molecule has 0 amide bonds. The molecule has 1 rings (SSSR count). The van der Waals surface area contributed by atoms with Gasteiger partial charge in [-0.25, -0.2) is 4.98 Å². The second-order valence-electron chi connectivity index (χ2n) is 5.51. The summed E-state index contributed by atoms with van der Waals surface area (Å²) in [5.74, 6) is 1.17. The van der Waals surface area contributed by atoms with Crippen LogP contribution in [0.25, 0.3) is 0 Å². The first-order valence-electron chi connectivity index (χ1n) is 6.39. The number of anilines is 1. The fourth-order valence-corrected chi connectivity index (χ4v) is 1.71. The van der Waals surface area contributed by atoms with Gasteiger partial charge in [0, 0.05) is 25.7 Å². The van der Waals surface area contributed by atoms with E-state index in [4.69, 9.17) is 11.1 Å². The largest absolute Gasteiger partial charge is 0.388 e. The summed E-state index contributed by atoms with van der Waals surface area (Å²) < 4.78 is 0. The van der Waals surface area contributed by atoms with Gasteiger partial charge in [0.05, 0.1) is 5.84 Å². The molecule has 4 heteroatoms. The first-order valence-corrected chi connectivity index (χ1v) is 6.39. The highest BCUT2D eigenvalue weighted by Gasteiger charge is 2.14. The van der Waals surface area contributed by atoms with Gasteiger partial charge in [0.2, 0.25) is 0 Å². The summed E-state index contributed by atoms with van der Waals surface area (Å²) in [6.07, 6.45) is 2.52. The molecule has 4 nitrogen and oxygen atoms in total. The number of rotatable bonds is 5. The van der Waals surface area contributed by atoms with Crippen LogP contribution in [-0.4, -0.2) is 23.9 Å². The highest BCUT2D eigenvalue weighted by atomic mass is 15.2. The van der Waals surface area contributed by atoms with Crippen LogP contribution in [0.15, 0.2) is 18.3 Å². The number of amidine groups is 1. The Bertz CT molecular complexity index is 389. The van der Waals surface area contributed by atoms with Gasteiger partial charge in [0.1, 0.15) is 5.82 Å². The molecule has 1 aromatic heterocycles. The molecular formula is C14H24N4. The fourth-order valence-electron chi connectivity index (χ4n) is 1.71. The lowest BCUT2D eigenvalue weighted by Crippen LogP contribution is -2.28. The molecule has 0 spiro atoms. The van der Waals surface area contributed by atoms with E-state index >= 15 is 0 Å². The van der Waals surface area contributed by atoms with Crippen molar-refractivity contribution in [3.05, 3.63) is 23.9 Å². The molecule has 100 valence electrons. The maximum absolute atomic E-state index is 7.27. The molecule has 0 aliphatic carbocycles. The molecule has 3 N–H and O–H groups in total.